The highest BCUT2D eigenvalue weighted by atomic mass is 79.9. The van der Waals surface area contributed by atoms with Crippen LogP contribution in [0, 0.1) is 5.82 Å². The normalized spacial score (nSPS) is 10.1. The summed E-state index contributed by atoms with van der Waals surface area (Å²) < 4.78 is 13.8. The number of amides is 2. The number of halogens is 2. The minimum Gasteiger partial charge on any atom is -0.476 e. The van der Waals surface area contributed by atoms with Gasteiger partial charge < -0.3 is 21.1 Å². The molecule has 2 aromatic carbocycles. The van der Waals surface area contributed by atoms with E-state index in [-0.39, 0.29) is 29.1 Å². The first-order valence-corrected chi connectivity index (χ1v) is 10.7. The first kappa shape index (κ1) is 24.5. The molecule has 174 valence electrons. The van der Waals surface area contributed by atoms with Crippen molar-refractivity contribution in [3.8, 4) is 11.1 Å². The van der Waals surface area contributed by atoms with E-state index in [0.717, 1.165) is 4.47 Å². The first-order chi connectivity index (χ1) is 16.3. The van der Waals surface area contributed by atoms with Gasteiger partial charge in [-0.15, -0.1) is 0 Å². The molecule has 0 aliphatic carbocycles. The van der Waals surface area contributed by atoms with Gasteiger partial charge in [0.2, 0.25) is 5.95 Å². The van der Waals surface area contributed by atoms with E-state index in [1.54, 1.807) is 38.5 Å². The van der Waals surface area contributed by atoms with Crippen molar-refractivity contribution >= 4 is 50.6 Å². The number of carboxylic acid groups (broad SMARTS) is 1. The molecular formula is C23H20BrFN6O3. The van der Waals surface area contributed by atoms with Crippen LogP contribution >= 0.6 is 15.9 Å². The molecule has 0 saturated carbocycles. The molecule has 4 N–H and O–H groups in total. The Morgan fingerprint density at radius 2 is 1.65 bits per heavy atom. The maximum Gasteiger partial charge on any atom is 0.355 e. The van der Waals surface area contributed by atoms with Crippen molar-refractivity contribution < 1.29 is 19.1 Å². The summed E-state index contributed by atoms with van der Waals surface area (Å²) >= 11 is 3.45. The highest BCUT2D eigenvalue weighted by Gasteiger charge is 2.18. The van der Waals surface area contributed by atoms with Gasteiger partial charge >= 0.3 is 12.0 Å². The van der Waals surface area contributed by atoms with E-state index in [0.29, 0.717) is 22.2 Å². The minimum absolute atomic E-state index is 0.106. The molecule has 2 amide bonds. The largest absolute Gasteiger partial charge is 0.476 e. The first-order valence-electron chi connectivity index (χ1n) is 9.90. The summed E-state index contributed by atoms with van der Waals surface area (Å²) in [7, 11) is 3.14. The molecule has 0 radical (unpaired) electrons. The molecule has 0 unspecified atom stereocenters. The van der Waals surface area contributed by atoms with Gasteiger partial charge in [0.25, 0.3) is 0 Å². The Hall–Kier alpha value is -4.12. The predicted molar refractivity (Wildman–Crippen MR) is 131 cm³/mol. The number of nitrogens with zero attached hydrogens (tertiary/aromatic N) is 3. The van der Waals surface area contributed by atoms with Crippen LogP contribution in [0.5, 0.6) is 0 Å². The lowest BCUT2D eigenvalue weighted by molar-refractivity contribution is 0.0691. The summed E-state index contributed by atoms with van der Waals surface area (Å²) in [4.78, 5) is 34.5. The molecule has 4 rings (SSSR count). The molecule has 0 aliphatic rings. The highest BCUT2D eigenvalue weighted by molar-refractivity contribution is 9.10. The highest BCUT2D eigenvalue weighted by Crippen LogP contribution is 2.32. The number of aromatic carboxylic acids is 1. The number of rotatable bonds is 4. The van der Waals surface area contributed by atoms with Gasteiger partial charge in [0.05, 0.1) is 0 Å². The van der Waals surface area contributed by atoms with E-state index in [1.807, 2.05) is 24.3 Å². The average Bonchev–Trinajstić information content (AvgIpc) is 2.84. The second-order valence-corrected chi connectivity index (χ2v) is 7.59. The zero-order valence-corrected chi connectivity index (χ0v) is 19.7. The molecule has 0 saturated heterocycles. The fourth-order valence-corrected chi connectivity index (χ4v) is 3.36. The van der Waals surface area contributed by atoms with E-state index >= 15 is 0 Å². The summed E-state index contributed by atoms with van der Waals surface area (Å²) in [6.45, 7) is 0. The summed E-state index contributed by atoms with van der Waals surface area (Å²) in [6.07, 6.45) is 1.56. The molecular weight excluding hydrogens is 507 g/mol. The van der Waals surface area contributed by atoms with Crippen LogP contribution in [0.25, 0.3) is 22.2 Å². The number of benzene rings is 2. The zero-order valence-electron chi connectivity index (χ0n) is 18.1. The lowest BCUT2D eigenvalue weighted by Gasteiger charge is -2.10. The maximum absolute atomic E-state index is 13.0. The maximum atomic E-state index is 13.0. The third-order valence-corrected chi connectivity index (χ3v) is 5.18. The number of carbonyl (C=O) groups is 2. The van der Waals surface area contributed by atoms with E-state index in [9.17, 15) is 19.1 Å². The number of carbonyl (C=O) groups excluding carboxylic acids is 1. The predicted octanol–water partition coefficient (Wildman–Crippen LogP) is 4.58. The summed E-state index contributed by atoms with van der Waals surface area (Å²) in [5.41, 5.74) is 1.92. The Kier molecular flexibility index (Phi) is 8.04. The number of aromatic nitrogens is 3. The van der Waals surface area contributed by atoms with Gasteiger partial charge in [0.15, 0.2) is 11.3 Å². The SMILES string of the molecule is CNC(=O)NC.O=C(O)c1nc2nc(Nc3ccc(F)cc3)ncc2cc1-c1ccccc1Br. The van der Waals surface area contributed by atoms with Gasteiger partial charge in [-0.25, -0.2) is 23.9 Å². The van der Waals surface area contributed by atoms with Crippen LogP contribution in [0.2, 0.25) is 0 Å². The van der Waals surface area contributed by atoms with Crippen LogP contribution in [-0.4, -0.2) is 46.2 Å². The smallest absolute Gasteiger partial charge is 0.355 e. The summed E-state index contributed by atoms with van der Waals surface area (Å²) in [6, 6.07) is 14.6. The van der Waals surface area contributed by atoms with Crippen LogP contribution in [0.3, 0.4) is 0 Å². The van der Waals surface area contributed by atoms with Crippen molar-refractivity contribution in [2.45, 2.75) is 0 Å². The fraction of sp³-hybridized carbons (Fsp3) is 0.0870. The Morgan fingerprint density at radius 3 is 2.24 bits per heavy atom. The van der Waals surface area contributed by atoms with Crippen LogP contribution in [0.15, 0.2) is 65.3 Å². The van der Waals surface area contributed by atoms with Crippen molar-refractivity contribution in [1.29, 1.82) is 0 Å². The second-order valence-electron chi connectivity index (χ2n) is 6.74. The van der Waals surface area contributed by atoms with Gasteiger partial charge in [-0.3, -0.25) is 0 Å². The standard InChI is InChI=1S/C20H12BrFN4O2.C3H8N2O/c21-16-4-2-1-3-14(16)15-9-11-10-23-20(24-13-7-5-12(22)6-8-13)26-18(11)25-17(15)19(27)28;1-4-3(6)5-2/h1-10H,(H,27,28)(H,23,24,25,26);1-2H3,(H2,4,5,6). The van der Waals surface area contributed by atoms with Gasteiger partial charge in [0, 0.05) is 41.4 Å². The number of fused-ring (bicyclic) bond motifs is 1. The van der Waals surface area contributed by atoms with Crippen LogP contribution in [-0.2, 0) is 0 Å². The molecule has 4 aromatic rings. The van der Waals surface area contributed by atoms with Crippen molar-refractivity contribution in [2.24, 2.45) is 0 Å². The summed E-state index contributed by atoms with van der Waals surface area (Å²) in [5, 5.41) is 17.9. The van der Waals surface area contributed by atoms with Crippen LogP contribution in [0.4, 0.5) is 20.8 Å². The van der Waals surface area contributed by atoms with E-state index in [4.69, 9.17) is 0 Å². The fourth-order valence-electron chi connectivity index (χ4n) is 2.86. The van der Waals surface area contributed by atoms with E-state index < -0.39 is 5.97 Å². The Labute approximate surface area is 202 Å². The number of hydrogen-bond acceptors (Lipinski definition) is 6. The molecule has 34 heavy (non-hydrogen) atoms. The Balaban J connectivity index is 0.000000481. The lowest BCUT2D eigenvalue weighted by Crippen LogP contribution is -2.28. The monoisotopic (exact) mass is 526 g/mol. The minimum atomic E-state index is -1.15. The molecule has 0 bridgehead atoms. The Morgan fingerprint density at radius 1 is 0.971 bits per heavy atom. The number of anilines is 2. The summed E-state index contributed by atoms with van der Waals surface area (Å²) in [5.74, 6) is -1.27. The van der Waals surface area contributed by atoms with Crippen molar-refractivity contribution in [2.75, 3.05) is 19.4 Å². The Bertz CT molecular complexity index is 1330. The third-order valence-electron chi connectivity index (χ3n) is 4.49. The van der Waals surface area contributed by atoms with Crippen molar-refractivity contribution in [1.82, 2.24) is 25.6 Å². The number of pyridine rings is 1. The van der Waals surface area contributed by atoms with Gasteiger partial charge in [-0.2, -0.15) is 4.98 Å². The molecule has 0 fully saturated rings. The van der Waals surface area contributed by atoms with E-state index in [1.165, 1.54) is 12.1 Å². The third kappa shape index (κ3) is 6.01. The molecule has 2 heterocycles. The van der Waals surface area contributed by atoms with Gasteiger partial charge in [0.1, 0.15) is 5.82 Å². The molecule has 0 aliphatic heterocycles. The molecule has 9 nitrogen and oxygen atoms in total. The number of urea groups is 1. The molecule has 0 atom stereocenters. The van der Waals surface area contributed by atoms with E-state index in [2.05, 4.69) is 46.8 Å². The van der Waals surface area contributed by atoms with Crippen LogP contribution < -0.4 is 16.0 Å². The second kappa shape index (κ2) is 11.1. The average molecular weight is 527 g/mol. The van der Waals surface area contributed by atoms with Gasteiger partial charge in [-0.05, 0) is 42.0 Å². The zero-order chi connectivity index (χ0) is 24.7. The van der Waals surface area contributed by atoms with Crippen molar-refractivity contribution in [3.63, 3.8) is 0 Å². The molecule has 11 heteroatoms. The van der Waals surface area contributed by atoms with Gasteiger partial charge in [-0.1, -0.05) is 34.1 Å². The lowest BCUT2D eigenvalue weighted by atomic mass is 10.0. The quantitative estimate of drug-likeness (QED) is 0.306. The van der Waals surface area contributed by atoms with Crippen molar-refractivity contribution in [3.05, 3.63) is 76.8 Å². The number of nitrogens with one attached hydrogen (secondary N) is 3. The topological polar surface area (TPSA) is 129 Å². The number of hydrogen-bond donors (Lipinski definition) is 4. The van der Waals surface area contributed by atoms with Crippen LogP contribution in [0.1, 0.15) is 10.5 Å². The number of carboxylic acids is 1. The molecule has 2 aromatic heterocycles. The molecule has 0 spiro atoms.